The highest BCUT2D eigenvalue weighted by Crippen LogP contribution is 2.38. The van der Waals surface area contributed by atoms with Crippen LogP contribution in [-0.4, -0.2) is 52.8 Å². The molecule has 2 fully saturated rings. The molecule has 2 aliphatic rings. The topological polar surface area (TPSA) is 70.5 Å². The van der Waals surface area contributed by atoms with Gasteiger partial charge in [0.25, 0.3) is 0 Å². The molecule has 4 rings (SSSR count). The Labute approximate surface area is 175 Å². The van der Waals surface area contributed by atoms with Crippen molar-refractivity contribution in [3.63, 3.8) is 0 Å². The molecule has 7 nitrogen and oxygen atoms in total. The number of benzene rings is 1. The van der Waals surface area contributed by atoms with Gasteiger partial charge in [-0.05, 0) is 36.3 Å². The number of hydrogen-bond donors (Lipinski definition) is 1. The molecule has 0 radical (unpaired) electrons. The normalized spacial score (nSPS) is 23.3. The van der Waals surface area contributed by atoms with Gasteiger partial charge in [-0.3, -0.25) is 4.79 Å². The van der Waals surface area contributed by atoms with Gasteiger partial charge in [0.1, 0.15) is 0 Å². The van der Waals surface area contributed by atoms with Crippen molar-refractivity contribution in [3.8, 4) is 0 Å². The zero-order chi connectivity index (χ0) is 20.5. The van der Waals surface area contributed by atoms with Crippen molar-refractivity contribution in [1.82, 2.24) is 20.0 Å². The van der Waals surface area contributed by atoms with Crippen LogP contribution in [0.3, 0.4) is 0 Å². The van der Waals surface area contributed by atoms with E-state index in [1.165, 1.54) is 16.5 Å². The number of rotatable bonds is 4. The van der Waals surface area contributed by atoms with Crippen LogP contribution in [0.2, 0.25) is 5.02 Å². The Kier molecular flexibility index (Phi) is 5.61. The first-order valence-electron chi connectivity index (χ1n) is 9.97. The summed E-state index contributed by atoms with van der Waals surface area (Å²) in [5.41, 5.74) is 1.74. The van der Waals surface area contributed by atoms with Gasteiger partial charge >= 0.3 is 6.03 Å². The Morgan fingerprint density at radius 2 is 1.93 bits per heavy atom. The molecular weight excluding hydrogens is 390 g/mol. The lowest BCUT2D eigenvalue weighted by Gasteiger charge is -2.20. The first-order valence-corrected chi connectivity index (χ1v) is 10.3. The first-order chi connectivity index (χ1) is 13.9. The van der Waals surface area contributed by atoms with Gasteiger partial charge in [0.2, 0.25) is 5.91 Å². The Morgan fingerprint density at radius 1 is 1.24 bits per heavy atom. The van der Waals surface area contributed by atoms with E-state index in [1.54, 1.807) is 19.4 Å². The monoisotopic (exact) mass is 415 g/mol. The second-order valence-corrected chi connectivity index (χ2v) is 8.48. The van der Waals surface area contributed by atoms with E-state index < -0.39 is 0 Å². The van der Waals surface area contributed by atoms with E-state index in [4.69, 9.17) is 11.6 Å². The van der Waals surface area contributed by atoms with Crippen LogP contribution in [-0.2, 0) is 11.3 Å². The van der Waals surface area contributed by atoms with E-state index in [1.807, 2.05) is 29.2 Å². The van der Waals surface area contributed by atoms with Crippen molar-refractivity contribution < 1.29 is 9.59 Å². The summed E-state index contributed by atoms with van der Waals surface area (Å²) in [4.78, 5) is 27.6. The van der Waals surface area contributed by atoms with E-state index in [0.717, 1.165) is 43.1 Å². The summed E-state index contributed by atoms with van der Waals surface area (Å²) >= 11 is 6.24. The van der Waals surface area contributed by atoms with Crippen molar-refractivity contribution in [3.05, 3.63) is 47.2 Å². The molecule has 29 heavy (non-hydrogen) atoms. The molecule has 2 amide bonds. The molecule has 3 atom stereocenters. The van der Waals surface area contributed by atoms with Crippen LogP contribution in [0.15, 0.2) is 36.7 Å². The summed E-state index contributed by atoms with van der Waals surface area (Å²) in [5.74, 6) is 0.929. The molecule has 1 saturated carbocycles. The quantitative estimate of drug-likeness (QED) is 0.833. The average Bonchev–Trinajstić information content (AvgIpc) is 3.41. The van der Waals surface area contributed by atoms with E-state index in [2.05, 4.69) is 10.4 Å². The molecule has 0 spiro atoms. The highest BCUT2D eigenvalue weighted by Gasteiger charge is 2.42. The molecule has 1 N–H and O–H groups in total. The first kappa shape index (κ1) is 19.9. The van der Waals surface area contributed by atoms with Crippen molar-refractivity contribution >= 4 is 29.2 Å². The van der Waals surface area contributed by atoms with E-state index in [9.17, 15) is 9.59 Å². The summed E-state index contributed by atoms with van der Waals surface area (Å²) in [6.07, 6.45) is 5.29. The van der Waals surface area contributed by atoms with Crippen LogP contribution in [0.4, 0.5) is 10.5 Å². The fourth-order valence-corrected chi connectivity index (χ4v) is 4.64. The predicted octanol–water partition coefficient (Wildman–Crippen LogP) is 2.99. The maximum atomic E-state index is 12.8. The molecule has 1 aromatic carbocycles. The minimum Gasteiger partial charge on any atom is -0.322 e. The third-order valence-electron chi connectivity index (χ3n) is 6.19. The summed E-state index contributed by atoms with van der Waals surface area (Å²) in [7, 11) is 1.67. The smallest absolute Gasteiger partial charge is 0.322 e. The number of nitrogens with zero attached hydrogens (tertiary/aromatic N) is 4. The third kappa shape index (κ3) is 4.16. The number of fused-ring (bicyclic) bond motifs is 1. The standard InChI is InChI=1S/C21H26ClN5O2/c1-14(28)25(2)19-10-24-27(13-19)21(29)26-11-16-7-18(8-17(16)12-26)23-9-15-5-3-4-6-20(15)22/h3-6,10,13,16-18,23H,7-9,11-12H2,1-2H3/t16-,17+,18+. The number of amides is 2. The van der Waals surface area contributed by atoms with E-state index in [0.29, 0.717) is 23.6 Å². The minimum atomic E-state index is -0.122. The fraction of sp³-hybridized carbons (Fsp3) is 0.476. The molecule has 0 bridgehead atoms. The van der Waals surface area contributed by atoms with Gasteiger partial charge in [-0.25, -0.2) is 4.79 Å². The molecule has 2 aromatic rings. The van der Waals surface area contributed by atoms with Crippen LogP contribution in [0.5, 0.6) is 0 Å². The number of aromatic nitrogens is 2. The summed E-state index contributed by atoms with van der Waals surface area (Å²) in [6.45, 7) is 3.76. The summed E-state index contributed by atoms with van der Waals surface area (Å²) < 4.78 is 1.34. The number of carbonyl (C=O) groups is 2. The van der Waals surface area contributed by atoms with Gasteiger partial charge in [-0.2, -0.15) is 9.78 Å². The Hall–Kier alpha value is -2.38. The van der Waals surface area contributed by atoms with Crippen LogP contribution in [0, 0.1) is 11.8 Å². The Morgan fingerprint density at radius 3 is 2.59 bits per heavy atom. The highest BCUT2D eigenvalue weighted by atomic mass is 35.5. The van der Waals surface area contributed by atoms with Crippen LogP contribution in [0.25, 0.3) is 0 Å². The number of halogens is 1. The zero-order valence-corrected chi connectivity index (χ0v) is 17.5. The molecule has 1 aliphatic carbocycles. The predicted molar refractivity (Wildman–Crippen MR) is 112 cm³/mol. The van der Waals surface area contributed by atoms with Gasteiger partial charge in [0.05, 0.1) is 18.1 Å². The van der Waals surface area contributed by atoms with Crippen LogP contribution >= 0.6 is 11.6 Å². The lowest BCUT2D eigenvalue weighted by Crippen LogP contribution is -2.35. The molecule has 0 unspecified atom stereocenters. The fourth-order valence-electron chi connectivity index (χ4n) is 4.44. The summed E-state index contributed by atoms with van der Waals surface area (Å²) in [5, 5.41) is 8.57. The number of carbonyl (C=O) groups excluding carboxylic acids is 2. The van der Waals surface area contributed by atoms with Crippen LogP contribution in [0.1, 0.15) is 25.3 Å². The third-order valence-corrected chi connectivity index (χ3v) is 6.55. The molecule has 154 valence electrons. The van der Waals surface area contributed by atoms with Crippen molar-refractivity contribution in [1.29, 1.82) is 0 Å². The van der Waals surface area contributed by atoms with Gasteiger partial charge in [0.15, 0.2) is 0 Å². The van der Waals surface area contributed by atoms with Gasteiger partial charge in [0, 0.05) is 44.7 Å². The minimum absolute atomic E-state index is 0.0944. The second kappa shape index (κ2) is 8.16. The molecular formula is C21H26ClN5O2. The Bertz CT molecular complexity index is 900. The average molecular weight is 416 g/mol. The van der Waals surface area contributed by atoms with E-state index >= 15 is 0 Å². The number of anilines is 1. The maximum Gasteiger partial charge on any atom is 0.344 e. The lowest BCUT2D eigenvalue weighted by atomic mass is 10.0. The van der Waals surface area contributed by atoms with Gasteiger partial charge < -0.3 is 15.1 Å². The Balaban J connectivity index is 1.30. The zero-order valence-electron chi connectivity index (χ0n) is 16.7. The highest BCUT2D eigenvalue weighted by molar-refractivity contribution is 6.31. The maximum absolute atomic E-state index is 12.8. The molecule has 2 heterocycles. The number of likely N-dealkylation sites (tertiary alicyclic amines) is 1. The number of hydrogen-bond acceptors (Lipinski definition) is 4. The van der Waals surface area contributed by atoms with Crippen molar-refractivity contribution in [2.45, 2.75) is 32.4 Å². The van der Waals surface area contributed by atoms with Gasteiger partial charge in [-0.1, -0.05) is 29.8 Å². The van der Waals surface area contributed by atoms with E-state index in [-0.39, 0.29) is 11.9 Å². The van der Waals surface area contributed by atoms with Gasteiger partial charge in [-0.15, -0.1) is 0 Å². The second-order valence-electron chi connectivity index (χ2n) is 8.07. The van der Waals surface area contributed by atoms with Crippen LogP contribution < -0.4 is 10.2 Å². The summed E-state index contributed by atoms with van der Waals surface area (Å²) in [6, 6.07) is 8.25. The van der Waals surface area contributed by atoms with Crippen molar-refractivity contribution in [2.75, 3.05) is 25.0 Å². The van der Waals surface area contributed by atoms with Crippen molar-refractivity contribution in [2.24, 2.45) is 11.8 Å². The number of nitrogens with one attached hydrogen (secondary N) is 1. The molecule has 1 saturated heterocycles. The SMILES string of the molecule is CC(=O)N(C)c1cnn(C(=O)N2C[C@H]3C[C@H](NCc4ccccc4Cl)C[C@H]3C2)c1. The largest absolute Gasteiger partial charge is 0.344 e. The molecule has 1 aliphatic heterocycles. The molecule has 8 heteroatoms. The molecule has 1 aromatic heterocycles. The lowest BCUT2D eigenvalue weighted by molar-refractivity contribution is -0.116.